The average molecular weight is 397 g/mol. The fourth-order valence-corrected chi connectivity index (χ4v) is 2.93. The number of rotatable bonds is 12. The second kappa shape index (κ2) is 12.6. The number of hydrogen-bond donors (Lipinski definition) is 2. The number of carbonyl (C=O) groups is 2. The monoisotopic (exact) mass is 396 g/mol. The molecule has 2 amide bonds. The summed E-state index contributed by atoms with van der Waals surface area (Å²) in [6.07, 6.45) is 7.27. The van der Waals surface area contributed by atoms with E-state index in [1.807, 2.05) is 19.1 Å². The van der Waals surface area contributed by atoms with Crippen LogP contribution in [0.1, 0.15) is 69.2 Å². The Kier molecular flexibility index (Phi) is 9.76. The molecule has 5 nitrogen and oxygen atoms in total. The Labute approximate surface area is 173 Å². The molecular formula is C24H32N2O3. The molecule has 0 saturated heterocycles. The van der Waals surface area contributed by atoms with Gasteiger partial charge in [-0.05, 0) is 55.3 Å². The van der Waals surface area contributed by atoms with E-state index in [1.165, 1.54) is 25.7 Å². The zero-order valence-electron chi connectivity index (χ0n) is 17.5. The maximum Gasteiger partial charge on any atom is 0.255 e. The van der Waals surface area contributed by atoms with E-state index >= 15 is 0 Å². The lowest BCUT2D eigenvalue weighted by Gasteiger charge is -2.10. The molecule has 0 unspecified atom stereocenters. The molecule has 0 atom stereocenters. The number of hydrogen-bond acceptors (Lipinski definition) is 3. The predicted molar refractivity (Wildman–Crippen MR) is 119 cm³/mol. The van der Waals surface area contributed by atoms with Crippen LogP contribution in [-0.4, -0.2) is 18.4 Å². The topological polar surface area (TPSA) is 67.4 Å². The third kappa shape index (κ3) is 8.38. The highest BCUT2D eigenvalue weighted by atomic mass is 16.5. The molecule has 2 rings (SSSR count). The van der Waals surface area contributed by atoms with Gasteiger partial charge < -0.3 is 15.4 Å². The number of amides is 2. The molecule has 0 aliphatic heterocycles. The van der Waals surface area contributed by atoms with Crippen molar-refractivity contribution >= 4 is 23.2 Å². The second-order valence-corrected chi connectivity index (χ2v) is 7.12. The van der Waals surface area contributed by atoms with Gasteiger partial charge in [-0.25, -0.2) is 0 Å². The van der Waals surface area contributed by atoms with Gasteiger partial charge in [0.15, 0.2) is 0 Å². The minimum absolute atomic E-state index is 0.0306. The van der Waals surface area contributed by atoms with Gasteiger partial charge >= 0.3 is 0 Å². The molecule has 0 fully saturated rings. The SMILES string of the molecule is CCCCCCCOc1ccc(C(=O)Nc2cccc(NC(=O)CCC)c2)cc1. The Morgan fingerprint density at radius 2 is 1.52 bits per heavy atom. The van der Waals surface area contributed by atoms with Gasteiger partial charge in [-0.3, -0.25) is 9.59 Å². The summed E-state index contributed by atoms with van der Waals surface area (Å²) in [5.74, 6) is 0.544. The van der Waals surface area contributed by atoms with Gasteiger partial charge in [0.05, 0.1) is 6.61 Å². The number of carbonyl (C=O) groups excluding carboxylic acids is 2. The highest BCUT2D eigenvalue weighted by Gasteiger charge is 2.08. The molecule has 2 aromatic rings. The van der Waals surface area contributed by atoms with Crippen LogP contribution in [0.4, 0.5) is 11.4 Å². The van der Waals surface area contributed by atoms with Gasteiger partial charge in [0.25, 0.3) is 5.91 Å². The Morgan fingerprint density at radius 1 is 0.828 bits per heavy atom. The van der Waals surface area contributed by atoms with Crippen LogP contribution in [0.25, 0.3) is 0 Å². The molecule has 29 heavy (non-hydrogen) atoms. The summed E-state index contributed by atoms with van der Waals surface area (Å²) >= 11 is 0. The van der Waals surface area contributed by atoms with E-state index in [1.54, 1.807) is 36.4 Å². The standard InChI is InChI=1S/C24H32N2O3/c1-3-5-6-7-8-17-29-22-15-13-19(14-16-22)24(28)26-21-12-9-11-20(18-21)25-23(27)10-4-2/h9,11-16,18H,3-8,10,17H2,1-2H3,(H,25,27)(H,26,28). The molecule has 2 N–H and O–H groups in total. The summed E-state index contributed by atoms with van der Waals surface area (Å²) in [5, 5.41) is 5.70. The summed E-state index contributed by atoms with van der Waals surface area (Å²) in [4.78, 5) is 24.2. The molecule has 2 aromatic carbocycles. The molecular weight excluding hydrogens is 364 g/mol. The van der Waals surface area contributed by atoms with E-state index in [0.29, 0.717) is 30.0 Å². The van der Waals surface area contributed by atoms with E-state index in [2.05, 4.69) is 17.6 Å². The molecule has 0 bridgehead atoms. The van der Waals surface area contributed by atoms with Crippen LogP contribution in [-0.2, 0) is 4.79 Å². The predicted octanol–water partition coefficient (Wildman–Crippen LogP) is 6.03. The molecule has 0 aromatic heterocycles. The van der Waals surface area contributed by atoms with Crippen LogP contribution in [0.5, 0.6) is 5.75 Å². The lowest BCUT2D eigenvalue weighted by molar-refractivity contribution is -0.116. The Balaban J connectivity index is 1.84. The zero-order chi connectivity index (χ0) is 20.9. The number of benzene rings is 2. The van der Waals surface area contributed by atoms with Gasteiger partial charge in [-0.15, -0.1) is 0 Å². The minimum Gasteiger partial charge on any atom is -0.494 e. The van der Waals surface area contributed by atoms with Crippen LogP contribution in [0.3, 0.4) is 0 Å². The maximum atomic E-state index is 12.5. The van der Waals surface area contributed by atoms with Crippen LogP contribution < -0.4 is 15.4 Å². The number of ether oxygens (including phenoxy) is 1. The summed E-state index contributed by atoms with van der Waals surface area (Å²) < 4.78 is 5.74. The number of nitrogens with one attached hydrogen (secondary N) is 2. The molecule has 0 saturated carbocycles. The molecule has 0 radical (unpaired) electrons. The van der Waals surface area contributed by atoms with Crippen molar-refractivity contribution in [1.29, 1.82) is 0 Å². The normalized spacial score (nSPS) is 10.4. The van der Waals surface area contributed by atoms with Crippen LogP contribution in [0, 0.1) is 0 Å². The lowest BCUT2D eigenvalue weighted by atomic mass is 10.1. The van der Waals surface area contributed by atoms with E-state index in [0.717, 1.165) is 18.6 Å². The maximum absolute atomic E-state index is 12.5. The number of anilines is 2. The first-order valence-corrected chi connectivity index (χ1v) is 10.6. The van der Waals surface area contributed by atoms with Crippen molar-refractivity contribution in [3.63, 3.8) is 0 Å². The van der Waals surface area contributed by atoms with Crippen molar-refractivity contribution < 1.29 is 14.3 Å². The van der Waals surface area contributed by atoms with Crippen LogP contribution in [0.15, 0.2) is 48.5 Å². The molecule has 0 heterocycles. The van der Waals surface area contributed by atoms with E-state index in [4.69, 9.17) is 4.74 Å². The Morgan fingerprint density at radius 3 is 2.21 bits per heavy atom. The van der Waals surface area contributed by atoms with E-state index in [9.17, 15) is 9.59 Å². The van der Waals surface area contributed by atoms with Gasteiger partial charge in [0.2, 0.25) is 5.91 Å². The molecule has 0 spiro atoms. The fraction of sp³-hybridized carbons (Fsp3) is 0.417. The van der Waals surface area contributed by atoms with Gasteiger partial charge in [-0.1, -0.05) is 45.6 Å². The van der Waals surface area contributed by atoms with Gasteiger partial charge in [0, 0.05) is 23.4 Å². The van der Waals surface area contributed by atoms with Crippen molar-refractivity contribution in [2.75, 3.05) is 17.2 Å². The van der Waals surface area contributed by atoms with E-state index in [-0.39, 0.29) is 11.8 Å². The second-order valence-electron chi connectivity index (χ2n) is 7.12. The summed E-state index contributed by atoms with van der Waals surface area (Å²) in [6, 6.07) is 14.3. The third-order valence-electron chi connectivity index (χ3n) is 4.51. The largest absolute Gasteiger partial charge is 0.494 e. The highest BCUT2D eigenvalue weighted by Crippen LogP contribution is 2.18. The molecule has 0 aliphatic carbocycles. The lowest BCUT2D eigenvalue weighted by Crippen LogP contribution is -2.13. The molecule has 0 aliphatic rings. The third-order valence-corrected chi connectivity index (χ3v) is 4.51. The molecule has 156 valence electrons. The van der Waals surface area contributed by atoms with Crippen LogP contribution >= 0.6 is 0 Å². The van der Waals surface area contributed by atoms with Gasteiger partial charge in [-0.2, -0.15) is 0 Å². The zero-order valence-corrected chi connectivity index (χ0v) is 17.5. The highest BCUT2D eigenvalue weighted by molar-refractivity contribution is 6.04. The quantitative estimate of drug-likeness (QED) is 0.431. The smallest absolute Gasteiger partial charge is 0.255 e. The van der Waals surface area contributed by atoms with Crippen molar-refractivity contribution in [2.24, 2.45) is 0 Å². The fourth-order valence-electron chi connectivity index (χ4n) is 2.93. The molecule has 5 heteroatoms. The average Bonchev–Trinajstić information content (AvgIpc) is 2.71. The van der Waals surface area contributed by atoms with Crippen molar-refractivity contribution in [2.45, 2.75) is 58.8 Å². The van der Waals surface area contributed by atoms with Gasteiger partial charge in [0.1, 0.15) is 5.75 Å². The number of unbranched alkanes of at least 4 members (excludes halogenated alkanes) is 4. The van der Waals surface area contributed by atoms with Crippen molar-refractivity contribution in [1.82, 2.24) is 0 Å². The summed E-state index contributed by atoms with van der Waals surface area (Å²) in [6.45, 7) is 4.86. The van der Waals surface area contributed by atoms with Crippen molar-refractivity contribution in [3.05, 3.63) is 54.1 Å². The van der Waals surface area contributed by atoms with Crippen molar-refractivity contribution in [3.8, 4) is 5.75 Å². The van der Waals surface area contributed by atoms with Crippen LogP contribution in [0.2, 0.25) is 0 Å². The summed E-state index contributed by atoms with van der Waals surface area (Å²) in [5.41, 5.74) is 1.86. The van der Waals surface area contributed by atoms with E-state index < -0.39 is 0 Å². The first-order chi connectivity index (χ1) is 14.1. The minimum atomic E-state index is -0.201. The Hall–Kier alpha value is -2.82. The summed E-state index contributed by atoms with van der Waals surface area (Å²) in [7, 11) is 0. The Bertz CT molecular complexity index is 772. The first kappa shape index (κ1) is 22.5. The first-order valence-electron chi connectivity index (χ1n) is 10.6.